The Morgan fingerprint density at radius 2 is 1.77 bits per heavy atom. The molecule has 2 aromatic carbocycles. The van der Waals surface area contributed by atoms with Crippen LogP contribution in [0.15, 0.2) is 71.5 Å². The van der Waals surface area contributed by atoms with E-state index in [1.165, 1.54) is 16.8 Å². The molecular weight excluding hydrogens is 330 g/mol. The second-order valence-electron chi connectivity index (χ2n) is 5.65. The number of nitrogens with one attached hydrogen (secondary N) is 1. The zero-order valence-corrected chi connectivity index (χ0v) is 14.4. The maximum atomic E-state index is 12.5. The van der Waals surface area contributed by atoms with Gasteiger partial charge in [0.25, 0.3) is 11.5 Å². The van der Waals surface area contributed by atoms with E-state index in [0.717, 1.165) is 6.42 Å². The van der Waals surface area contributed by atoms with Crippen molar-refractivity contribution in [2.75, 3.05) is 5.32 Å². The number of para-hydroxylation sites is 3. The third-order valence-electron chi connectivity index (χ3n) is 3.64. The van der Waals surface area contributed by atoms with Gasteiger partial charge in [-0.1, -0.05) is 37.3 Å². The fourth-order valence-corrected chi connectivity index (χ4v) is 2.40. The second-order valence-corrected chi connectivity index (χ2v) is 5.65. The summed E-state index contributed by atoms with van der Waals surface area (Å²) >= 11 is 0. The molecule has 0 spiro atoms. The Labute approximate surface area is 151 Å². The highest BCUT2D eigenvalue weighted by Crippen LogP contribution is 2.29. The highest BCUT2D eigenvalue weighted by atomic mass is 16.5. The average Bonchev–Trinajstić information content (AvgIpc) is 2.66. The molecule has 1 amide bonds. The number of carbonyl (C=O) groups excluding carboxylic acids is 1. The molecule has 0 bridgehead atoms. The summed E-state index contributed by atoms with van der Waals surface area (Å²) in [6.45, 7) is 2.41. The van der Waals surface area contributed by atoms with Crippen molar-refractivity contribution in [1.82, 2.24) is 9.78 Å². The minimum Gasteiger partial charge on any atom is -0.455 e. The van der Waals surface area contributed by atoms with Crippen LogP contribution in [0.5, 0.6) is 11.5 Å². The van der Waals surface area contributed by atoms with E-state index in [4.69, 9.17) is 4.74 Å². The molecular formula is C20H19N3O3. The molecule has 0 fully saturated rings. The molecule has 3 aromatic rings. The monoisotopic (exact) mass is 349 g/mol. The van der Waals surface area contributed by atoms with Crippen LogP contribution >= 0.6 is 0 Å². The molecule has 26 heavy (non-hydrogen) atoms. The van der Waals surface area contributed by atoms with Gasteiger partial charge in [-0.15, -0.1) is 0 Å². The number of aryl methyl sites for hydroxylation is 1. The lowest BCUT2D eigenvalue weighted by Gasteiger charge is -2.12. The predicted octanol–water partition coefficient (Wildman–Crippen LogP) is 3.70. The summed E-state index contributed by atoms with van der Waals surface area (Å²) in [6.07, 6.45) is 0.756. The van der Waals surface area contributed by atoms with Crippen molar-refractivity contribution in [3.8, 4) is 11.5 Å². The van der Waals surface area contributed by atoms with E-state index in [9.17, 15) is 9.59 Å². The van der Waals surface area contributed by atoms with Gasteiger partial charge in [0.15, 0.2) is 5.75 Å². The predicted molar refractivity (Wildman–Crippen MR) is 99.7 cm³/mol. The normalized spacial score (nSPS) is 10.3. The Morgan fingerprint density at radius 1 is 1.04 bits per heavy atom. The Bertz CT molecular complexity index is 952. The number of carbonyl (C=O) groups is 1. The van der Waals surface area contributed by atoms with Crippen molar-refractivity contribution >= 4 is 11.6 Å². The molecule has 6 heteroatoms. The number of nitrogens with zero attached hydrogens (tertiary/aromatic N) is 2. The van der Waals surface area contributed by atoms with Gasteiger partial charge in [0.2, 0.25) is 0 Å². The molecule has 132 valence electrons. The SMILES string of the molecule is CCCn1nc(C(=O)Nc2ccccc2Oc2ccccc2)ccc1=O. The lowest BCUT2D eigenvalue weighted by atomic mass is 10.2. The quantitative estimate of drug-likeness (QED) is 0.736. The lowest BCUT2D eigenvalue weighted by Crippen LogP contribution is -2.26. The third kappa shape index (κ3) is 4.16. The van der Waals surface area contributed by atoms with Crippen LogP contribution in [0.1, 0.15) is 23.8 Å². The Kier molecular flexibility index (Phi) is 5.43. The molecule has 1 aromatic heterocycles. The van der Waals surface area contributed by atoms with E-state index in [0.29, 0.717) is 23.7 Å². The first-order valence-electron chi connectivity index (χ1n) is 8.39. The summed E-state index contributed by atoms with van der Waals surface area (Å²) in [5.41, 5.74) is 0.472. The topological polar surface area (TPSA) is 73.2 Å². The molecule has 0 saturated heterocycles. The van der Waals surface area contributed by atoms with Crippen LogP contribution in [0.4, 0.5) is 5.69 Å². The number of aromatic nitrogens is 2. The first kappa shape index (κ1) is 17.4. The Morgan fingerprint density at radius 3 is 2.54 bits per heavy atom. The molecule has 0 aliphatic carbocycles. The highest BCUT2D eigenvalue weighted by molar-refractivity contribution is 6.03. The standard InChI is InChI=1S/C20H19N3O3/c1-2-14-23-19(24)13-12-17(22-23)20(25)21-16-10-6-7-11-18(16)26-15-8-4-3-5-9-15/h3-13H,2,14H2,1H3,(H,21,25). The summed E-state index contributed by atoms with van der Waals surface area (Å²) in [6, 6.07) is 19.2. The number of hydrogen-bond acceptors (Lipinski definition) is 4. The molecule has 0 unspecified atom stereocenters. The van der Waals surface area contributed by atoms with Gasteiger partial charge in [0.1, 0.15) is 11.4 Å². The van der Waals surface area contributed by atoms with Crippen LogP contribution in [0.3, 0.4) is 0 Å². The first-order valence-corrected chi connectivity index (χ1v) is 8.39. The molecule has 3 rings (SSSR count). The average molecular weight is 349 g/mol. The fraction of sp³-hybridized carbons (Fsp3) is 0.150. The van der Waals surface area contributed by atoms with Crippen molar-refractivity contribution < 1.29 is 9.53 Å². The number of rotatable bonds is 6. The molecule has 0 atom stereocenters. The van der Waals surface area contributed by atoms with E-state index in [1.807, 2.05) is 43.3 Å². The third-order valence-corrected chi connectivity index (χ3v) is 3.64. The molecule has 1 N–H and O–H groups in total. The van der Waals surface area contributed by atoms with Crippen LogP contribution in [0.25, 0.3) is 0 Å². The minimum atomic E-state index is -0.404. The number of anilines is 1. The minimum absolute atomic E-state index is 0.174. The van der Waals surface area contributed by atoms with Gasteiger partial charge in [-0.05, 0) is 36.8 Å². The van der Waals surface area contributed by atoms with Gasteiger partial charge in [-0.2, -0.15) is 5.10 Å². The van der Waals surface area contributed by atoms with Gasteiger partial charge in [0, 0.05) is 12.6 Å². The zero-order chi connectivity index (χ0) is 18.4. The summed E-state index contributed by atoms with van der Waals surface area (Å²) in [7, 11) is 0. The molecule has 0 aliphatic heterocycles. The van der Waals surface area contributed by atoms with Gasteiger partial charge in [-0.3, -0.25) is 9.59 Å². The van der Waals surface area contributed by atoms with Crippen molar-refractivity contribution in [2.45, 2.75) is 19.9 Å². The smallest absolute Gasteiger partial charge is 0.276 e. The van der Waals surface area contributed by atoms with Gasteiger partial charge in [0.05, 0.1) is 5.69 Å². The summed E-state index contributed by atoms with van der Waals surface area (Å²) in [5, 5.41) is 6.92. The van der Waals surface area contributed by atoms with Gasteiger partial charge >= 0.3 is 0 Å². The summed E-state index contributed by atoms with van der Waals surface area (Å²) < 4.78 is 7.13. The second kappa shape index (κ2) is 8.11. The molecule has 6 nitrogen and oxygen atoms in total. The van der Waals surface area contributed by atoms with E-state index >= 15 is 0 Å². The van der Waals surface area contributed by atoms with Crippen molar-refractivity contribution in [2.24, 2.45) is 0 Å². The van der Waals surface area contributed by atoms with Crippen LogP contribution in [0, 0.1) is 0 Å². The number of amides is 1. The van der Waals surface area contributed by atoms with Gasteiger partial charge in [-0.25, -0.2) is 4.68 Å². The maximum absolute atomic E-state index is 12.5. The fourth-order valence-electron chi connectivity index (χ4n) is 2.40. The largest absolute Gasteiger partial charge is 0.455 e. The van der Waals surface area contributed by atoms with Crippen LogP contribution in [0.2, 0.25) is 0 Å². The van der Waals surface area contributed by atoms with Crippen molar-refractivity contribution in [1.29, 1.82) is 0 Å². The zero-order valence-electron chi connectivity index (χ0n) is 14.4. The van der Waals surface area contributed by atoms with Crippen LogP contribution < -0.4 is 15.6 Å². The molecule has 0 aliphatic rings. The van der Waals surface area contributed by atoms with Crippen LogP contribution in [-0.2, 0) is 6.54 Å². The highest BCUT2D eigenvalue weighted by Gasteiger charge is 2.13. The Hall–Kier alpha value is -3.41. The lowest BCUT2D eigenvalue weighted by molar-refractivity contribution is 0.101. The van der Waals surface area contributed by atoms with Crippen molar-refractivity contribution in [3.63, 3.8) is 0 Å². The number of ether oxygens (including phenoxy) is 1. The maximum Gasteiger partial charge on any atom is 0.276 e. The van der Waals surface area contributed by atoms with E-state index in [-0.39, 0.29) is 11.3 Å². The Balaban J connectivity index is 1.82. The molecule has 1 heterocycles. The van der Waals surface area contributed by atoms with E-state index < -0.39 is 5.91 Å². The summed E-state index contributed by atoms with van der Waals surface area (Å²) in [5.74, 6) is 0.789. The molecule has 0 radical (unpaired) electrons. The van der Waals surface area contributed by atoms with Gasteiger partial charge < -0.3 is 10.1 Å². The number of hydrogen-bond donors (Lipinski definition) is 1. The number of benzene rings is 2. The summed E-state index contributed by atoms with van der Waals surface area (Å²) in [4.78, 5) is 24.3. The van der Waals surface area contributed by atoms with Crippen molar-refractivity contribution in [3.05, 3.63) is 82.8 Å². The first-order chi connectivity index (χ1) is 12.7. The van der Waals surface area contributed by atoms with E-state index in [1.54, 1.807) is 18.2 Å². The van der Waals surface area contributed by atoms with E-state index in [2.05, 4.69) is 10.4 Å². The van der Waals surface area contributed by atoms with Crippen LogP contribution in [-0.4, -0.2) is 15.7 Å². The molecule has 0 saturated carbocycles.